The van der Waals surface area contributed by atoms with Gasteiger partial charge in [-0.1, -0.05) is 32.9 Å². The first-order valence-electron chi connectivity index (χ1n) is 6.17. The molecule has 1 rings (SSSR count). The van der Waals surface area contributed by atoms with Crippen LogP contribution >= 0.6 is 0 Å². The predicted molar refractivity (Wildman–Crippen MR) is 73.2 cm³/mol. The van der Waals surface area contributed by atoms with Crippen LogP contribution in [0, 0.1) is 18.3 Å². The Morgan fingerprint density at radius 1 is 1.29 bits per heavy atom. The van der Waals surface area contributed by atoms with Crippen molar-refractivity contribution in [3.63, 3.8) is 0 Å². The van der Waals surface area contributed by atoms with E-state index in [1.54, 1.807) is 0 Å². The zero-order valence-corrected chi connectivity index (χ0v) is 11.3. The molecule has 0 aliphatic heterocycles. The lowest BCUT2D eigenvalue weighted by Crippen LogP contribution is -2.12. The van der Waals surface area contributed by atoms with Crippen LogP contribution in [-0.2, 0) is 5.41 Å². The lowest BCUT2D eigenvalue weighted by molar-refractivity contribution is 0.590. The lowest BCUT2D eigenvalue weighted by Gasteiger charge is -2.21. The van der Waals surface area contributed by atoms with E-state index in [0.29, 0.717) is 6.42 Å². The van der Waals surface area contributed by atoms with Gasteiger partial charge in [0, 0.05) is 18.7 Å². The second-order valence-corrected chi connectivity index (χ2v) is 5.47. The Morgan fingerprint density at radius 3 is 2.59 bits per heavy atom. The highest BCUT2D eigenvalue weighted by molar-refractivity contribution is 5.53. The summed E-state index contributed by atoms with van der Waals surface area (Å²) in [5.74, 6) is 0. The smallest absolute Gasteiger partial charge is 0.0622 e. The maximum atomic E-state index is 8.49. The molecule has 0 aliphatic rings. The van der Waals surface area contributed by atoms with E-state index < -0.39 is 0 Å². The summed E-state index contributed by atoms with van der Waals surface area (Å²) in [6.45, 7) is 9.63. The van der Waals surface area contributed by atoms with Gasteiger partial charge in [0.05, 0.1) is 6.07 Å². The molecule has 0 spiro atoms. The average molecular weight is 230 g/mol. The molecule has 0 amide bonds. The van der Waals surface area contributed by atoms with Crippen LogP contribution in [0.4, 0.5) is 5.69 Å². The third-order valence-electron chi connectivity index (χ3n) is 2.88. The molecule has 0 bridgehead atoms. The van der Waals surface area contributed by atoms with Crippen molar-refractivity contribution in [2.24, 2.45) is 0 Å². The second-order valence-electron chi connectivity index (χ2n) is 5.47. The quantitative estimate of drug-likeness (QED) is 0.793. The number of benzene rings is 1. The van der Waals surface area contributed by atoms with E-state index in [1.807, 2.05) is 0 Å². The summed E-state index contributed by atoms with van der Waals surface area (Å²) in [5, 5.41) is 11.9. The molecule has 2 heteroatoms. The number of hydrogen-bond donors (Lipinski definition) is 1. The van der Waals surface area contributed by atoms with Crippen LogP contribution < -0.4 is 5.32 Å². The number of nitriles is 1. The molecule has 0 saturated heterocycles. The van der Waals surface area contributed by atoms with Crippen molar-refractivity contribution in [3.8, 4) is 6.07 Å². The minimum absolute atomic E-state index is 0.177. The Morgan fingerprint density at radius 2 is 2.00 bits per heavy atom. The molecule has 0 heterocycles. The van der Waals surface area contributed by atoms with Gasteiger partial charge in [-0.15, -0.1) is 0 Å². The fourth-order valence-corrected chi connectivity index (χ4v) is 1.67. The minimum atomic E-state index is 0.177. The van der Waals surface area contributed by atoms with E-state index in [4.69, 9.17) is 5.26 Å². The van der Waals surface area contributed by atoms with Crippen molar-refractivity contribution >= 4 is 5.69 Å². The fraction of sp³-hybridized carbons (Fsp3) is 0.533. The van der Waals surface area contributed by atoms with E-state index in [2.05, 4.69) is 57.3 Å². The van der Waals surface area contributed by atoms with Gasteiger partial charge in [-0.05, 0) is 36.0 Å². The molecule has 1 aromatic carbocycles. The van der Waals surface area contributed by atoms with E-state index in [-0.39, 0.29) is 5.41 Å². The number of unbranched alkanes of at least 4 members (excludes halogenated alkanes) is 1. The largest absolute Gasteiger partial charge is 0.385 e. The van der Waals surface area contributed by atoms with Gasteiger partial charge >= 0.3 is 0 Å². The molecule has 0 saturated carbocycles. The zero-order chi connectivity index (χ0) is 12.9. The zero-order valence-electron chi connectivity index (χ0n) is 11.3. The summed E-state index contributed by atoms with van der Waals surface area (Å²) in [7, 11) is 0. The monoisotopic (exact) mass is 230 g/mol. The van der Waals surface area contributed by atoms with Crippen LogP contribution in [0.5, 0.6) is 0 Å². The number of hydrogen-bond acceptors (Lipinski definition) is 2. The lowest BCUT2D eigenvalue weighted by atomic mass is 9.86. The molecular weight excluding hydrogens is 208 g/mol. The van der Waals surface area contributed by atoms with Gasteiger partial charge in [0.25, 0.3) is 0 Å². The highest BCUT2D eigenvalue weighted by atomic mass is 14.9. The van der Waals surface area contributed by atoms with Crippen molar-refractivity contribution in [1.29, 1.82) is 5.26 Å². The molecular formula is C15H22N2. The first-order chi connectivity index (χ1) is 7.95. The van der Waals surface area contributed by atoms with Gasteiger partial charge in [-0.2, -0.15) is 5.26 Å². The molecule has 17 heavy (non-hydrogen) atoms. The molecule has 0 fully saturated rings. The van der Waals surface area contributed by atoms with E-state index in [0.717, 1.165) is 13.0 Å². The maximum absolute atomic E-state index is 8.49. The Hall–Kier alpha value is -1.49. The third kappa shape index (κ3) is 4.11. The second kappa shape index (κ2) is 5.72. The normalized spacial score (nSPS) is 11.0. The Labute approximate surface area is 105 Å². The summed E-state index contributed by atoms with van der Waals surface area (Å²) < 4.78 is 0. The van der Waals surface area contributed by atoms with Gasteiger partial charge in [-0.25, -0.2) is 0 Å². The van der Waals surface area contributed by atoms with Gasteiger partial charge in [0.1, 0.15) is 0 Å². The molecule has 0 atom stereocenters. The number of nitrogens with one attached hydrogen (secondary N) is 1. The van der Waals surface area contributed by atoms with Crippen molar-refractivity contribution < 1.29 is 0 Å². The Bertz CT molecular complexity index is 408. The van der Waals surface area contributed by atoms with Crippen molar-refractivity contribution in [3.05, 3.63) is 29.3 Å². The van der Waals surface area contributed by atoms with E-state index in [9.17, 15) is 0 Å². The van der Waals surface area contributed by atoms with Crippen LogP contribution in [-0.4, -0.2) is 6.54 Å². The first kappa shape index (κ1) is 13.6. The molecule has 0 aliphatic carbocycles. The summed E-state index contributed by atoms with van der Waals surface area (Å²) in [6.07, 6.45) is 1.51. The minimum Gasteiger partial charge on any atom is -0.385 e. The van der Waals surface area contributed by atoms with Gasteiger partial charge in [0.2, 0.25) is 0 Å². The molecule has 92 valence electrons. The van der Waals surface area contributed by atoms with E-state index >= 15 is 0 Å². The summed E-state index contributed by atoms with van der Waals surface area (Å²) in [6, 6.07) is 8.74. The SMILES string of the molecule is Cc1ccc(C(C)(C)C)cc1NCCCC#N. The maximum Gasteiger partial charge on any atom is 0.0622 e. The van der Waals surface area contributed by atoms with Crippen LogP contribution in [0.3, 0.4) is 0 Å². The van der Waals surface area contributed by atoms with Gasteiger partial charge < -0.3 is 5.32 Å². The Balaban J connectivity index is 2.74. The Kier molecular flexibility index (Phi) is 4.57. The molecule has 1 aromatic rings. The van der Waals surface area contributed by atoms with Crippen molar-refractivity contribution in [2.75, 3.05) is 11.9 Å². The molecule has 0 unspecified atom stereocenters. The van der Waals surface area contributed by atoms with E-state index in [1.165, 1.54) is 16.8 Å². The standard InChI is InChI=1S/C15H22N2/c1-12-7-8-13(15(2,3)4)11-14(12)17-10-6-5-9-16/h7-8,11,17H,5-6,10H2,1-4H3. The van der Waals surface area contributed by atoms with Crippen molar-refractivity contribution in [1.82, 2.24) is 0 Å². The first-order valence-corrected chi connectivity index (χ1v) is 6.17. The number of aryl methyl sites for hydroxylation is 1. The number of anilines is 1. The molecule has 1 N–H and O–H groups in total. The highest BCUT2D eigenvalue weighted by Crippen LogP contribution is 2.26. The van der Waals surface area contributed by atoms with Crippen LogP contribution in [0.1, 0.15) is 44.7 Å². The van der Waals surface area contributed by atoms with Crippen LogP contribution in [0.25, 0.3) is 0 Å². The topological polar surface area (TPSA) is 35.8 Å². The van der Waals surface area contributed by atoms with Crippen molar-refractivity contribution in [2.45, 2.75) is 46.0 Å². The van der Waals surface area contributed by atoms with Crippen LogP contribution in [0.15, 0.2) is 18.2 Å². The number of nitrogens with zero attached hydrogens (tertiary/aromatic N) is 1. The van der Waals surface area contributed by atoms with Gasteiger partial charge in [-0.3, -0.25) is 0 Å². The van der Waals surface area contributed by atoms with Crippen LogP contribution in [0.2, 0.25) is 0 Å². The summed E-state index contributed by atoms with van der Waals surface area (Å²) in [5.41, 5.74) is 3.97. The average Bonchev–Trinajstić information content (AvgIpc) is 2.25. The van der Waals surface area contributed by atoms with Gasteiger partial charge in [0.15, 0.2) is 0 Å². The third-order valence-corrected chi connectivity index (χ3v) is 2.88. The molecule has 2 nitrogen and oxygen atoms in total. The summed E-state index contributed by atoms with van der Waals surface area (Å²) >= 11 is 0. The molecule has 0 aromatic heterocycles. The fourth-order valence-electron chi connectivity index (χ4n) is 1.67. The molecule has 0 radical (unpaired) electrons. The summed E-state index contributed by atoms with van der Waals surface area (Å²) in [4.78, 5) is 0. The predicted octanol–water partition coefficient (Wildman–Crippen LogP) is 4.01. The number of rotatable bonds is 4. The highest BCUT2D eigenvalue weighted by Gasteiger charge is 2.14.